The lowest BCUT2D eigenvalue weighted by atomic mass is 10.1. The maximum Gasteiger partial charge on any atom is 0.416 e. The second kappa shape index (κ2) is 7.63. The van der Waals surface area contributed by atoms with Crippen LogP contribution < -0.4 is 10.6 Å². The summed E-state index contributed by atoms with van der Waals surface area (Å²) in [6.45, 7) is 1.59. The highest BCUT2D eigenvalue weighted by Gasteiger charge is 2.30. The van der Waals surface area contributed by atoms with E-state index in [9.17, 15) is 18.0 Å². The van der Waals surface area contributed by atoms with E-state index in [0.29, 0.717) is 25.3 Å². The van der Waals surface area contributed by atoms with Gasteiger partial charge in [-0.15, -0.1) is 12.4 Å². The molecule has 1 atom stereocenters. The number of benzene rings is 1. The Morgan fingerprint density at radius 3 is 2.81 bits per heavy atom. The van der Waals surface area contributed by atoms with E-state index >= 15 is 0 Å². The molecule has 118 valence electrons. The van der Waals surface area contributed by atoms with Crippen LogP contribution in [-0.4, -0.2) is 31.7 Å². The molecule has 4 nitrogen and oxygen atoms in total. The van der Waals surface area contributed by atoms with Gasteiger partial charge in [0.05, 0.1) is 12.2 Å². The van der Waals surface area contributed by atoms with Crippen molar-refractivity contribution in [3.05, 3.63) is 35.4 Å². The van der Waals surface area contributed by atoms with Gasteiger partial charge in [-0.2, -0.15) is 13.2 Å². The molecule has 0 spiro atoms. The van der Waals surface area contributed by atoms with Crippen LogP contribution in [0.25, 0.3) is 0 Å². The van der Waals surface area contributed by atoms with Gasteiger partial charge >= 0.3 is 6.18 Å². The normalized spacial score (nSPS) is 18.7. The van der Waals surface area contributed by atoms with E-state index in [1.165, 1.54) is 12.1 Å². The summed E-state index contributed by atoms with van der Waals surface area (Å²) in [6, 6.07) is 4.89. The average molecular weight is 325 g/mol. The van der Waals surface area contributed by atoms with Gasteiger partial charge in [-0.05, 0) is 17.7 Å². The summed E-state index contributed by atoms with van der Waals surface area (Å²) in [5, 5.41) is 5.58. The van der Waals surface area contributed by atoms with Crippen LogP contribution in [0.5, 0.6) is 0 Å². The number of amides is 1. The minimum Gasteiger partial charge on any atom is -0.366 e. The first-order chi connectivity index (χ1) is 9.47. The number of carbonyl (C=O) groups is 1. The Morgan fingerprint density at radius 2 is 2.19 bits per heavy atom. The average Bonchev–Trinajstić information content (AvgIpc) is 2.45. The Hall–Kier alpha value is -1.31. The molecule has 2 rings (SSSR count). The number of halogens is 4. The van der Waals surface area contributed by atoms with Crippen LogP contribution in [0.3, 0.4) is 0 Å². The highest BCUT2D eigenvalue weighted by Crippen LogP contribution is 2.29. The Balaban J connectivity index is 0.00000220. The van der Waals surface area contributed by atoms with E-state index in [1.807, 2.05) is 0 Å². The van der Waals surface area contributed by atoms with Gasteiger partial charge in [0, 0.05) is 19.6 Å². The molecule has 1 aromatic carbocycles. The summed E-state index contributed by atoms with van der Waals surface area (Å²) < 4.78 is 42.9. The zero-order chi connectivity index (χ0) is 14.6. The van der Waals surface area contributed by atoms with Gasteiger partial charge in [0.2, 0.25) is 0 Å². The summed E-state index contributed by atoms with van der Waals surface area (Å²) in [7, 11) is 0. The molecule has 2 N–H and O–H groups in total. The van der Waals surface area contributed by atoms with Crippen molar-refractivity contribution in [2.45, 2.75) is 18.8 Å². The number of hydrogen-bond donors (Lipinski definition) is 2. The zero-order valence-electron chi connectivity index (χ0n) is 11.1. The fraction of sp³-hybridized carbons (Fsp3) is 0.462. The fourth-order valence-corrected chi connectivity index (χ4v) is 1.89. The first-order valence-corrected chi connectivity index (χ1v) is 6.23. The second-order valence-electron chi connectivity index (χ2n) is 4.48. The molecule has 0 radical (unpaired) electrons. The van der Waals surface area contributed by atoms with Crippen molar-refractivity contribution >= 4 is 18.3 Å². The lowest BCUT2D eigenvalue weighted by Gasteiger charge is -2.22. The molecule has 1 aliphatic rings. The highest BCUT2D eigenvalue weighted by atomic mass is 35.5. The van der Waals surface area contributed by atoms with Gasteiger partial charge in [0.25, 0.3) is 5.91 Å². The van der Waals surface area contributed by atoms with Crippen LogP contribution in [0.1, 0.15) is 11.1 Å². The van der Waals surface area contributed by atoms with Crippen molar-refractivity contribution in [2.24, 2.45) is 0 Å². The summed E-state index contributed by atoms with van der Waals surface area (Å²) in [5.41, 5.74) is -0.322. The number of hydrogen-bond acceptors (Lipinski definition) is 3. The Kier molecular flexibility index (Phi) is 6.44. The molecule has 0 bridgehead atoms. The van der Waals surface area contributed by atoms with Gasteiger partial charge in [0.1, 0.15) is 6.10 Å². The smallest absolute Gasteiger partial charge is 0.366 e. The monoisotopic (exact) mass is 324 g/mol. The summed E-state index contributed by atoms with van der Waals surface area (Å²) in [5.74, 6) is -0.324. The van der Waals surface area contributed by atoms with Crippen LogP contribution in [0.15, 0.2) is 24.3 Å². The predicted molar refractivity (Wildman–Crippen MR) is 73.1 cm³/mol. The molecular formula is C13H16ClF3N2O2. The van der Waals surface area contributed by atoms with Gasteiger partial charge in [-0.3, -0.25) is 4.79 Å². The fourth-order valence-electron chi connectivity index (χ4n) is 1.89. The minimum atomic E-state index is -4.38. The van der Waals surface area contributed by atoms with E-state index < -0.39 is 17.8 Å². The van der Waals surface area contributed by atoms with Crippen LogP contribution in [0.2, 0.25) is 0 Å². The van der Waals surface area contributed by atoms with Crippen LogP contribution in [0.4, 0.5) is 13.2 Å². The molecule has 1 aromatic rings. The topological polar surface area (TPSA) is 50.4 Å². The maximum absolute atomic E-state index is 12.5. The quantitative estimate of drug-likeness (QED) is 0.890. The summed E-state index contributed by atoms with van der Waals surface area (Å²) >= 11 is 0. The number of ether oxygens (including phenoxy) is 1. The zero-order valence-corrected chi connectivity index (χ0v) is 11.9. The first kappa shape index (κ1) is 17.7. The van der Waals surface area contributed by atoms with Gasteiger partial charge < -0.3 is 15.4 Å². The van der Waals surface area contributed by atoms with E-state index in [0.717, 1.165) is 12.1 Å². The number of alkyl halides is 3. The maximum atomic E-state index is 12.5. The molecule has 1 amide bonds. The van der Waals surface area contributed by atoms with Crippen molar-refractivity contribution in [3.63, 3.8) is 0 Å². The standard InChI is InChI=1S/C13H15F3N2O2.ClH/c14-13(15,16)10-3-1-2-9(6-10)7-18-12(19)11-8-17-4-5-20-11;/h1-3,6,11,17H,4-5,7-8H2,(H,18,19);1H. The number of carbonyl (C=O) groups excluding carboxylic acids is 1. The van der Waals surface area contributed by atoms with Gasteiger partial charge in [-0.25, -0.2) is 0 Å². The van der Waals surface area contributed by atoms with E-state index in [-0.39, 0.29) is 24.9 Å². The molecule has 0 aromatic heterocycles. The lowest BCUT2D eigenvalue weighted by Crippen LogP contribution is -2.47. The third kappa shape index (κ3) is 5.18. The largest absolute Gasteiger partial charge is 0.416 e. The summed E-state index contributed by atoms with van der Waals surface area (Å²) in [4.78, 5) is 11.8. The molecule has 1 heterocycles. The van der Waals surface area contributed by atoms with Crippen molar-refractivity contribution in [2.75, 3.05) is 19.7 Å². The Morgan fingerprint density at radius 1 is 1.43 bits per heavy atom. The van der Waals surface area contributed by atoms with Crippen molar-refractivity contribution in [1.82, 2.24) is 10.6 Å². The molecule has 0 saturated carbocycles. The van der Waals surface area contributed by atoms with E-state index in [4.69, 9.17) is 4.74 Å². The van der Waals surface area contributed by atoms with E-state index in [1.54, 1.807) is 0 Å². The lowest BCUT2D eigenvalue weighted by molar-refractivity contribution is -0.137. The van der Waals surface area contributed by atoms with Crippen LogP contribution in [0, 0.1) is 0 Å². The molecule has 1 unspecified atom stereocenters. The second-order valence-corrected chi connectivity index (χ2v) is 4.48. The van der Waals surface area contributed by atoms with Crippen LogP contribution >= 0.6 is 12.4 Å². The molecule has 21 heavy (non-hydrogen) atoms. The molecule has 1 saturated heterocycles. The molecule has 1 fully saturated rings. The molecule has 0 aliphatic carbocycles. The van der Waals surface area contributed by atoms with Crippen LogP contribution in [-0.2, 0) is 22.3 Å². The number of morpholine rings is 1. The number of rotatable bonds is 3. The molecular weight excluding hydrogens is 309 g/mol. The molecule has 1 aliphatic heterocycles. The third-order valence-electron chi connectivity index (χ3n) is 2.94. The number of nitrogens with one attached hydrogen (secondary N) is 2. The Labute approximate surface area is 126 Å². The Bertz CT molecular complexity index is 477. The van der Waals surface area contributed by atoms with Crippen molar-refractivity contribution < 1.29 is 22.7 Å². The minimum absolute atomic E-state index is 0. The van der Waals surface area contributed by atoms with Gasteiger partial charge in [0.15, 0.2) is 0 Å². The van der Waals surface area contributed by atoms with Gasteiger partial charge in [-0.1, -0.05) is 12.1 Å². The highest BCUT2D eigenvalue weighted by molar-refractivity contribution is 5.85. The molecule has 8 heteroatoms. The third-order valence-corrected chi connectivity index (χ3v) is 2.94. The summed E-state index contributed by atoms with van der Waals surface area (Å²) in [6.07, 6.45) is -4.97. The van der Waals surface area contributed by atoms with Crippen molar-refractivity contribution in [1.29, 1.82) is 0 Å². The SMILES string of the molecule is Cl.O=C(NCc1cccc(C(F)(F)F)c1)C1CNCCO1. The van der Waals surface area contributed by atoms with Crippen molar-refractivity contribution in [3.8, 4) is 0 Å². The van der Waals surface area contributed by atoms with E-state index in [2.05, 4.69) is 10.6 Å². The first-order valence-electron chi connectivity index (χ1n) is 6.23. The predicted octanol–water partition coefficient (Wildman–Crippen LogP) is 1.73.